The summed E-state index contributed by atoms with van der Waals surface area (Å²) in [7, 11) is 6.37. The van der Waals surface area contributed by atoms with E-state index >= 15 is 0 Å². The van der Waals surface area contributed by atoms with Crippen LogP contribution in [0.4, 0.5) is 5.95 Å². The number of aromatic nitrogens is 2. The van der Waals surface area contributed by atoms with Gasteiger partial charge in [-0.15, -0.1) is 0 Å². The Kier molecular flexibility index (Phi) is 9.24. The lowest BCUT2D eigenvalue weighted by atomic mass is 10.1. The van der Waals surface area contributed by atoms with E-state index in [0.717, 1.165) is 23.3 Å². The van der Waals surface area contributed by atoms with Crippen molar-refractivity contribution >= 4 is 22.9 Å². The van der Waals surface area contributed by atoms with Crippen LogP contribution in [0.5, 0.6) is 17.2 Å². The van der Waals surface area contributed by atoms with Crippen molar-refractivity contribution in [3.05, 3.63) is 77.4 Å². The molecule has 1 heterocycles. The van der Waals surface area contributed by atoms with Crippen LogP contribution in [0.15, 0.2) is 60.7 Å². The molecule has 4 aromatic rings. The number of anilines is 1. The number of nitrogens with zero attached hydrogens (tertiary/aromatic N) is 2. The Morgan fingerprint density at radius 2 is 1.69 bits per heavy atom. The summed E-state index contributed by atoms with van der Waals surface area (Å²) in [5.41, 5.74) is 3.42. The number of aliphatic hydroxyl groups is 1. The highest BCUT2D eigenvalue weighted by molar-refractivity contribution is 5.97. The average Bonchev–Trinajstić information content (AvgIpc) is 3.31. The topological polar surface area (TPSA) is 116 Å². The van der Waals surface area contributed by atoms with Crippen molar-refractivity contribution in [2.75, 3.05) is 40.4 Å². The number of aliphatic hydroxyl groups excluding tert-OH is 1. The van der Waals surface area contributed by atoms with Gasteiger partial charge in [-0.3, -0.25) is 4.79 Å². The van der Waals surface area contributed by atoms with Crippen molar-refractivity contribution in [1.29, 1.82) is 0 Å². The highest BCUT2D eigenvalue weighted by Gasteiger charge is 2.18. The number of fused-ring (bicyclic) bond motifs is 1. The SMILES string of the molecule is COCCCn1c(NC(O)c2cc(OC)cc(OC)c2)nc2cc(C(=O)NCc3cccc(OC)c3)ccc21. The molecule has 3 N–H and O–H groups in total. The van der Waals surface area contributed by atoms with E-state index < -0.39 is 6.23 Å². The predicted octanol–water partition coefficient (Wildman–Crippen LogP) is 4.13. The number of nitrogens with one attached hydrogen (secondary N) is 2. The standard InChI is InChI=1S/C29H34N4O6/c1-36-12-6-11-33-26-10-9-20(27(34)30-18-19-7-5-8-22(13-19)37-2)16-25(26)31-29(33)32-28(35)21-14-23(38-3)17-24(15-21)39-4/h5,7-10,13-17,28,35H,6,11-12,18H2,1-4H3,(H,30,34)(H,31,32). The molecular weight excluding hydrogens is 500 g/mol. The Morgan fingerprint density at radius 3 is 2.38 bits per heavy atom. The molecule has 1 aromatic heterocycles. The zero-order chi connectivity index (χ0) is 27.8. The van der Waals surface area contributed by atoms with E-state index in [1.807, 2.05) is 34.9 Å². The number of hydrogen-bond donors (Lipinski definition) is 3. The van der Waals surface area contributed by atoms with Gasteiger partial charge in [0.2, 0.25) is 5.95 Å². The number of imidazole rings is 1. The molecule has 206 valence electrons. The number of ether oxygens (including phenoxy) is 4. The number of carbonyl (C=O) groups excluding carboxylic acids is 1. The fourth-order valence-electron chi connectivity index (χ4n) is 4.23. The lowest BCUT2D eigenvalue weighted by Gasteiger charge is -2.17. The number of rotatable bonds is 13. The highest BCUT2D eigenvalue weighted by Crippen LogP contribution is 2.29. The molecule has 0 saturated heterocycles. The Morgan fingerprint density at radius 1 is 0.949 bits per heavy atom. The van der Waals surface area contributed by atoms with Crippen molar-refractivity contribution in [3.63, 3.8) is 0 Å². The summed E-state index contributed by atoms with van der Waals surface area (Å²) in [5, 5.41) is 17.1. The predicted molar refractivity (Wildman–Crippen MR) is 149 cm³/mol. The first-order chi connectivity index (χ1) is 18.9. The smallest absolute Gasteiger partial charge is 0.251 e. The molecule has 1 atom stereocenters. The third-order valence-electron chi connectivity index (χ3n) is 6.28. The molecule has 0 spiro atoms. The maximum atomic E-state index is 12.9. The van der Waals surface area contributed by atoms with Gasteiger partial charge in [0.15, 0.2) is 6.23 Å². The van der Waals surface area contributed by atoms with Crippen molar-refractivity contribution in [1.82, 2.24) is 14.9 Å². The van der Waals surface area contributed by atoms with Gasteiger partial charge in [-0.1, -0.05) is 12.1 Å². The quantitative estimate of drug-likeness (QED) is 0.173. The van der Waals surface area contributed by atoms with E-state index in [2.05, 4.69) is 10.6 Å². The minimum absolute atomic E-state index is 0.216. The fourth-order valence-corrected chi connectivity index (χ4v) is 4.23. The minimum atomic E-state index is -1.09. The first-order valence-corrected chi connectivity index (χ1v) is 12.5. The molecule has 0 aliphatic rings. The van der Waals surface area contributed by atoms with Gasteiger partial charge in [-0.25, -0.2) is 4.98 Å². The average molecular weight is 535 g/mol. The van der Waals surface area contributed by atoms with Gasteiger partial charge < -0.3 is 39.3 Å². The monoisotopic (exact) mass is 534 g/mol. The normalized spacial score (nSPS) is 11.7. The van der Waals surface area contributed by atoms with Crippen LogP contribution in [0.3, 0.4) is 0 Å². The molecule has 0 saturated carbocycles. The molecule has 1 unspecified atom stereocenters. The fraction of sp³-hybridized carbons (Fsp3) is 0.310. The molecule has 1 amide bonds. The first-order valence-electron chi connectivity index (χ1n) is 12.5. The number of amides is 1. The van der Waals surface area contributed by atoms with Gasteiger partial charge in [0.25, 0.3) is 5.91 Å². The molecule has 0 aliphatic carbocycles. The third-order valence-corrected chi connectivity index (χ3v) is 6.28. The number of carbonyl (C=O) groups is 1. The zero-order valence-electron chi connectivity index (χ0n) is 22.6. The molecule has 3 aromatic carbocycles. The largest absolute Gasteiger partial charge is 0.497 e. The highest BCUT2D eigenvalue weighted by atomic mass is 16.5. The van der Waals surface area contributed by atoms with Gasteiger partial charge in [0.05, 0.1) is 32.4 Å². The van der Waals surface area contributed by atoms with E-state index in [4.69, 9.17) is 23.9 Å². The lowest BCUT2D eigenvalue weighted by molar-refractivity contribution is 0.0951. The van der Waals surface area contributed by atoms with E-state index in [9.17, 15) is 9.90 Å². The maximum absolute atomic E-state index is 12.9. The van der Waals surface area contributed by atoms with Gasteiger partial charge in [-0.2, -0.15) is 0 Å². The molecule has 0 aliphatic heterocycles. The van der Waals surface area contributed by atoms with Gasteiger partial charge >= 0.3 is 0 Å². The van der Waals surface area contributed by atoms with Crippen molar-refractivity contribution in [3.8, 4) is 17.2 Å². The molecule has 39 heavy (non-hydrogen) atoms. The molecule has 0 fully saturated rings. The summed E-state index contributed by atoms with van der Waals surface area (Å²) < 4.78 is 23.1. The van der Waals surface area contributed by atoms with Gasteiger partial charge in [0.1, 0.15) is 17.2 Å². The van der Waals surface area contributed by atoms with Crippen LogP contribution >= 0.6 is 0 Å². The Balaban J connectivity index is 1.58. The Hall–Kier alpha value is -4.28. The van der Waals surface area contributed by atoms with Crippen LogP contribution in [-0.4, -0.2) is 55.6 Å². The van der Waals surface area contributed by atoms with Crippen LogP contribution < -0.4 is 24.8 Å². The molecule has 0 radical (unpaired) electrons. The van der Waals surface area contributed by atoms with Crippen molar-refractivity contribution in [2.45, 2.75) is 25.7 Å². The number of methoxy groups -OCH3 is 4. The van der Waals surface area contributed by atoms with Crippen LogP contribution in [-0.2, 0) is 17.8 Å². The summed E-state index contributed by atoms with van der Waals surface area (Å²) in [5.74, 6) is 2.10. The summed E-state index contributed by atoms with van der Waals surface area (Å²) in [4.78, 5) is 17.6. The van der Waals surface area contributed by atoms with Crippen LogP contribution in [0.25, 0.3) is 11.0 Å². The molecule has 4 rings (SSSR count). The lowest BCUT2D eigenvalue weighted by Crippen LogP contribution is -2.22. The number of aryl methyl sites for hydroxylation is 1. The van der Waals surface area contributed by atoms with E-state index in [1.54, 1.807) is 58.8 Å². The van der Waals surface area contributed by atoms with Crippen LogP contribution in [0.2, 0.25) is 0 Å². The van der Waals surface area contributed by atoms with Crippen molar-refractivity contribution < 1.29 is 28.8 Å². The second-order valence-corrected chi connectivity index (χ2v) is 8.86. The van der Waals surface area contributed by atoms with Gasteiger partial charge in [-0.05, 0) is 54.4 Å². The third kappa shape index (κ3) is 6.78. The molecular formula is C29H34N4O6. The zero-order valence-corrected chi connectivity index (χ0v) is 22.6. The second kappa shape index (κ2) is 13.0. The van der Waals surface area contributed by atoms with E-state index in [1.165, 1.54) is 0 Å². The molecule has 0 bridgehead atoms. The van der Waals surface area contributed by atoms with Gasteiger partial charge in [0, 0.05) is 44.0 Å². The number of benzene rings is 3. The first kappa shape index (κ1) is 27.7. The summed E-state index contributed by atoms with van der Waals surface area (Å²) in [6.45, 7) is 1.53. The summed E-state index contributed by atoms with van der Waals surface area (Å²) in [6, 6.07) is 18.1. The second-order valence-electron chi connectivity index (χ2n) is 8.86. The van der Waals surface area contributed by atoms with E-state index in [-0.39, 0.29) is 5.91 Å². The van der Waals surface area contributed by atoms with Crippen molar-refractivity contribution in [2.24, 2.45) is 0 Å². The summed E-state index contributed by atoms with van der Waals surface area (Å²) in [6.07, 6.45) is -0.347. The molecule has 10 heteroatoms. The summed E-state index contributed by atoms with van der Waals surface area (Å²) >= 11 is 0. The van der Waals surface area contributed by atoms with Crippen LogP contribution in [0, 0.1) is 0 Å². The minimum Gasteiger partial charge on any atom is -0.497 e. The number of hydrogen-bond acceptors (Lipinski definition) is 8. The Bertz CT molecular complexity index is 1400. The Labute approximate surface area is 227 Å². The van der Waals surface area contributed by atoms with E-state index in [0.29, 0.717) is 53.8 Å². The van der Waals surface area contributed by atoms with Crippen LogP contribution in [0.1, 0.15) is 34.1 Å². The maximum Gasteiger partial charge on any atom is 0.251 e. The molecule has 10 nitrogen and oxygen atoms in total.